The highest BCUT2D eigenvalue weighted by molar-refractivity contribution is 5.26. The first-order valence-electron chi connectivity index (χ1n) is 4.07. The molecule has 0 aliphatic carbocycles. The van der Waals surface area contributed by atoms with Crippen LogP contribution in [-0.2, 0) is 6.42 Å². The lowest BCUT2D eigenvalue weighted by atomic mass is 10.2. The summed E-state index contributed by atoms with van der Waals surface area (Å²) in [6.07, 6.45) is 1.09. The maximum absolute atomic E-state index is 5.01. The van der Waals surface area contributed by atoms with Crippen LogP contribution in [0.1, 0.15) is 12.5 Å². The van der Waals surface area contributed by atoms with Crippen LogP contribution in [0.3, 0.4) is 0 Å². The number of methoxy groups -OCH3 is 1. The van der Waals surface area contributed by atoms with Gasteiger partial charge in [0.05, 0.1) is 7.11 Å². The Morgan fingerprint density at radius 1 is 1.17 bits per heavy atom. The van der Waals surface area contributed by atoms with Gasteiger partial charge in [-0.05, 0) is 31.2 Å². The average molecular weight is 167 g/mol. The topological polar surface area (TPSA) is 35.2 Å². The van der Waals surface area contributed by atoms with E-state index in [0.29, 0.717) is 0 Å². The van der Waals surface area contributed by atoms with Crippen LogP contribution in [0.4, 0.5) is 0 Å². The predicted octanol–water partition coefficient (Wildman–Crippen LogP) is 1.83. The Bertz CT molecular complexity index is 170. The number of aryl methyl sites for hydroxylation is 1. The summed E-state index contributed by atoms with van der Waals surface area (Å²) in [7, 11) is 3.18. The maximum atomic E-state index is 5.01. The maximum Gasteiger partial charge on any atom is 0.118 e. The van der Waals surface area contributed by atoms with Crippen molar-refractivity contribution in [2.45, 2.75) is 13.3 Å². The first-order chi connectivity index (χ1) is 5.86. The molecule has 0 saturated heterocycles. The zero-order valence-electron chi connectivity index (χ0n) is 8.00. The molecule has 0 atom stereocenters. The lowest BCUT2D eigenvalue weighted by molar-refractivity contribution is 0.414. The Hall–Kier alpha value is -1.02. The molecule has 68 valence electrons. The van der Waals surface area contributed by atoms with Crippen LogP contribution < -0.4 is 10.5 Å². The summed E-state index contributed by atoms with van der Waals surface area (Å²) >= 11 is 0. The van der Waals surface area contributed by atoms with Gasteiger partial charge in [0.15, 0.2) is 0 Å². The minimum absolute atomic E-state index is 0.928. The van der Waals surface area contributed by atoms with Gasteiger partial charge in [0.1, 0.15) is 5.75 Å². The van der Waals surface area contributed by atoms with Gasteiger partial charge >= 0.3 is 0 Å². The molecule has 0 aromatic heterocycles. The van der Waals surface area contributed by atoms with Crippen molar-refractivity contribution in [3.05, 3.63) is 29.8 Å². The quantitative estimate of drug-likeness (QED) is 0.729. The van der Waals surface area contributed by atoms with Crippen LogP contribution in [-0.4, -0.2) is 14.2 Å². The summed E-state index contributed by atoms with van der Waals surface area (Å²) in [6.45, 7) is 2.14. The Morgan fingerprint density at radius 3 is 2.00 bits per heavy atom. The highest BCUT2D eigenvalue weighted by atomic mass is 16.5. The van der Waals surface area contributed by atoms with E-state index < -0.39 is 0 Å². The summed E-state index contributed by atoms with van der Waals surface area (Å²) in [5.41, 5.74) is 5.85. The van der Waals surface area contributed by atoms with Gasteiger partial charge in [0, 0.05) is 0 Å². The molecular formula is C10H17NO. The Balaban J connectivity index is 0.000000561. The molecular weight excluding hydrogens is 150 g/mol. The zero-order valence-corrected chi connectivity index (χ0v) is 8.00. The fraction of sp³-hybridized carbons (Fsp3) is 0.400. The van der Waals surface area contributed by atoms with Crippen LogP contribution in [0.5, 0.6) is 5.75 Å². The van der Waals surface area contributed by atoms with E-state index in [-0.39, 0.29) is 0 Å². The number of benzene rings is 1. The Kier molecular flexibility index (Phi) is 6.11. The van der Waals surface area contributed by atoms with Crippen molar-refractivity contribution in [3.8, 4) is 5.75 Å². The van der Waals surface area contributed by atoms with Gasteiger partial charge in [-0.25, -0.2) is 0 Å². The van der Waals surface area contributed by atoms with Crippen molar-refractivity contribution in [3.63, 3.8) is 0 Å². The normalized spacial score (nSPS) is 8.33. The standard InChI is InChI=1S/C9H12O.CH5N/c1-3-8-4-6-9(10-2)7-5-8;1-2/h4-7H,3H2,1-2H3;2H2,1H3. The molecule has 0 amide bonds. The van der Waals surface area contributed by atoms with Gasteiger partial charge in [-0.2, -0.15) is 0 Å². The van der Waals surface area contributed by atoms with Crippen LogP contribution >= 0.6 is 0 Å². The molecule has 0 spiro atoms. The second kappa shape index (κ2) is 6.68. The average Bonchev–Trinajstić information content (AvgIpc) is 2.21. The van der Waals surface area contributed by atoms with E-state index in [2.05, 4.69) is 24.8 Å². The molecule has 12 heavy (non-hydrogen) atoms. The molecule has 0 saturated carbocycles. The number of nitrogens with two attached hydrogens (primary N) is 1. The van der Waals surface area contributed by atoms with Gasteiger partial charge in [0.2, 0.25) is 0 Å². The lowest BCUT2D eigenvalue weighted by Crippen LogP contribution is -1.83. The van der Waals surface area contributed by atoms with E-state index in [0.717, 1.165) is 12.2 Å². The van der Waals surface area contributed by atoms with Gasteiger partial charge in [-0.15, -0.1) is 0 Å². The first kappa shape index (κ1) is 11.0. The van der Waals surface area contributed by atoms with Crippen LogP contribution in [0.25, 0.3) is 0 Å². The lowest BCUT2D eigenvalue weighted by Gasteiger charge is -1.99. The second-order valence-corrected chi connectivity index (χ2v) is 2.20. The number of rotatable bonds is 2. The summed E-state index contributed by atoms with van der Waals surface area (Å²) in [5.74, 6) is 0.928. The van der Waals surface area contributed by atoms with E-state index in [1.807, 2.05) is 12.1 Å². The highest BCUT2D eigenvalue weighted by Crippen LogP contribution is 2.10. The fourth-order valence-electron chi connectivity index (χ4n) is 0.861. The molecule has 0 aliphatic rings. The molecule has 0 aliphatic heterocycles. The fourth-order valence-corrected chi connectivity index (χ4v) is 0.861. The third-order valence-electron chi connectivity index (χ3n) is 1.57. The van der Waals surface area contributed by atoms with E-state index in [9.17, 15) is 0 Å². The van der Waals surface area contributed by atoms with Crippen LogP contribution in [0.15, 0.2) is 24.3 Å². The van der Waals surface area contributed by atoms with Crippen molar-refractivity contribution in [1.82, 2.24) is 0 Å². The van der Waals surface area contributed by atoms with Crippen molar-refractivity contribution in [2.24, 2.45) is 5.73 Å². The molecule has 0 fully saturated rings. The van der Waals surface area contributed by atoms with Crippen LogP contribution in [0, 0.1) is 0 Å². The van der Waals surface area contributed by atoms with Gasteiger partial charge < -0.3 is 10.5 Å². The molecule has 0 radical (unpaired) electrons. The largest absolute Gasteiger partial charge is 0.497 e. The number of hydrogen-bond acceptors (Lipinski definition) is 2. The van der Waals surface area contributed by atoms with Gasteiger partial charge in [0.25, 0.3) is 0 Å². The smallest absolute Gasteiger partial charge is 0.118 e. The SMILES string of the molecule is CCc1ccc(OC)cc1.CN. The molecule has 2 heteroatoms. The Labute approximate surface area is 74.4 Å². The molecule has 1 aromatic carbocycles. The summed E-state index contributed by atoms with van der Waals surface area (Å²) in [4.78, 5) is 0. The van der Waals surface area contributed by atoms with Crippen molar-refractivity contribution >= 4 is 0 Å². The molecule has 0 bridgehead atoms. The molecule has 1 rings (SSSR count). The molecule has 0 heterocycles. The van der Waals surface area contributed by atoms with Crippen molar-refractivity contribution < 1.29 is 4.74 Å². The summed E-state index contributed by atoms with van der Waals surface area (Å²) in [6, 6.07) is 8.13. The predicted molar refractivity (Wildman–Crippen MR) is 52.5 cm³/mol. The van der Waals surface area contributed by atoms with Crippen LogP contribution in [0.2, 0.25) is 0 Å². The summed E-state index contributed by atoms with van der Waals surface area (Å²) in [5, 5.41) is 0. The minimum atomic E-state index is 0.928. The van der Waals surface area contributed by atoms with Crippen molar-refractivity contribution in [1.29, 1.82) is 0 Å². The monoisotopic (exact) mass is 167 g/mol. The second-order valence-electron chi connectivity index (χ2n) is 2.20. The zero-order chi connectivity index (χ0) is 9.40. The first-order valence-corrected chi connectivity index (χ1v) is 4.07. The van der Waals surface area contributed by atoms with E-state index in [4.69, 9.17) is 4.74 Å². The molecule has 2 N–H and O–H groups in total. The molecule has 1 aromatic rings. The van der Waals surface area contributed by atoms with Gasteiger partial charge in [-0.1, -0.05) is 19.1 Å². The van der Waals surface area contributed by atoms with E-state index >= 15 is 0 Å². The Morgan fingerprint density at radius 2 is 1.67 bits per heavy atom. The van der Waals surface area contributed by atoms with E-state index in [1.54, 1.807) is 7.11 Å². The third-order valence-corrected chi connectivity index (χ3v) is 1.57. The van der Waals surface area contributed by atoms with Crippen molar-refractivity contribution in [2.75, 3.05) is 14.2 Å². The van der Waals surface area contributed by atoms with Gasteiger partial charge in [-0.3, -0.25) is 0 Å². The number of hydrogen-bond donors (Lipinski definition) is 1. The highest BCUT2D eigenvalue weighted by Gasteiger charge is 1.89. The third kappa shape index (κ3) is 3.39. The minimum Gasteiger partial charge on any atom is -0.497 e. The summed E-state index contributed by atoms with van der Waals surface area (Å²) < 4.78 is 5.01. The van der Waals surface area contributed by atoms with E-state index in [1.165, 1.54) is 12.6 Å². The molecule has 0 unspecified atom stereocenters. The number of ether oxygens (including phenoxy) is 1. The molecule has 2 nitrogen and oxygen atoms in total.